The van der Waals surface area contributed by atoms with Gasteiger partial charge < -0.3 is 72.8 Å². The van der Waals surface area contributed by atoms with Gasteiger partial charge in [-0.25, -0.2) is 15.0 Å². The smallest absolute Gasteiger partial charge is 0.310 e. The van der Waals surface area contributed by atoms with E-state index in [1.807, 2.05) is 25.5 Å². The Morgan fingerprint density at radius 1 is 0.932 bits per heavy atom. The maximum Gasteiger partial charge on any atom is 0.310 e. The summed E-state index contributed by atoms with van der Waals surface area (Å²) in [6, 6.07) is 17.6. The third kappa shape index (κ3) is 8.90. The van der Waals surface area contributed by atoms with E-state index < -0.39 is 66.8 Å². The van der Waals surface area contributed by atoms with Gasteiger partial charge in [-0.1, -0.05) is 18.2 Å². The first-order chi connectivity index (χ1) is 35.4. The van der Waals surface area contributed by atoms with Gasteiger partial charge in [-0.15, -0.1) is 0 Å². The summed E-state index contributed by atoms with van der Waals surface area (Å²) in [7, 11) is 2.86. The van der Waals surface area contributed by atoms with Gasteiger partial charge in [0.15, 0.2) is 52.9 Å². The van der Waals surface area contributed by atoms with Crippen LogP contribution in [0.3, 0.4) is 0 Å². The number of aryl methyl sites for hydroxylation is 1. The Morgan fingerprint density at radius 3 is 2.45 bits per heavy atom. The number of nitrogens with one attached hydrogen (secondary N) is 2. The number of ether oxygens (including phenoxy) is 9. The summed E-state index contributed by atoms with van der Waals surface area (Å²) in [5, 5.41) is 37.3. The molecule has 10 unspecified atom stereocenters. The number of aliphatic hydroxyl groups is 2. The first kappa shape index (κ1) is 48.2. The molecule has 3 fully saturated rings. The molecule has 20 nitrogen and oxygen atoms in total. The minimum absolute atomic E-state index is 0.0301. The number of imidazole rings is 1. The summed E-state index contributed by atoms with van der Waals surface area (Å²) in [6.07, 6.45) is 1.64. The molecule has 10 atom stereocenters. The zero-order valence-electron chi connectivity index (χ0n) is 41.1. The number of phenols is 1. The summed E-state index contributed by atoms with van der Waals surface area (Å²) in [6.45, 7) is 8.95. The number of fused-ring (bicyclic) bond motifs is 6. The van der Waals surface area contributed by atoms with Crippen LogP contribution in [-0.2, 0) is 34.9 Å². The van der Waals surface area contributed by atoms with Gasteiger partial charge in [0.05, 0.1) is 45.8 Å². The number of cyclic esters (lactones) is 1. The summed E-state index contributed by atoms with van der Waals surface area (Å²) in [5.41, 5.74) is 8.05. The van der Waals surface area contributed by atoms with E-state index in [2.05, 4.69) is 69.1 Å². The van der Waals surface area contributed by atoms with E-state index >= 15 is 0 Å². The zero-order valence-corrected chi connectivity index (χ0v) is 41.1. The maximum absolute atomic E-state index is 13.4. The van der Waals surface area contributed by atoms with Crippen LogP contribution in [0.25, 0.3) is 33.5 Å². The highest BCUT2D eigenvalue weighted by Gasteiger charge is 2.56. The van der Waals surface area contributed by atoms with Crippen LogP contribution >= 0.6 is 0 Å². The van der Waals surface area contributed by atoms with Crippen LogP contribution in [0.1, 0.15) is 66.7 Å². The van der Waals surface area contributed by atoms with Crippen molar-refractivity contribution >= 4 is 33.9 Å². The number of aromatic nitrogens is 6. The Balaban J connectivity index is 0.000000165. The number of para-hydroxylation sites is 1. The van der Waals surface area contributed by atoms with E-state index in [1.54, 1.807) is 37.4 Å². The van der Waals surface area contributed by atoms with Crippen LogP contribution in [-0.4, -0.2) is 129 Å². The topological polar surface area (TPSA) is 245 Å². The number of aliphatic hydroxyl groups excluding tert-OH is 2. The minimum atomic E-state index is -1.44. The number of aromatic amines is 1. The molecule has 0 radical (unpaired) electrons. The molecule has 8 heterocycles. The third-order valence-corrected chi connectivity index (χ3v) is 14.2. The standard InChI is InChI=1S/C29H32O13.C24H25N7/c1-11-36-9-20-27(40-11)24(31)25(32)29(41-20)42-26-14-7-17-16(38-10-39-17)6-13(14)21(22-15(26)8-37-28(22)33)12-4-18(34-2)23(30)19(5-12)35-3;1-15(2)31-14-28-21-23(26-9-8-17-13-27-20-7-5-4-6-19(17)20)29-22(30-24(21)31)18-10-16(3)11-25-12-18/h4-7,11,15,20-22,24-27,29-32H,8-10H2,1-3H3;4-7,10-15,27H,8-9H2,1-3H3,(H,26,29,30). The van der Waals surface area contributed by atoms with Crippen LogP contribution in [0.2, 0.25) is 0 Å². The van der Waals surface area contributed by atoms with Gasteiger partial charge in [0, 0.05) is 59.5 Å². The number of hydrogen-bond acceptors (Lipinski definition) is 18. The lowest BCUT2D eigenvalue weighted by molar-refractivity contribution is -0.364. The number of phenolic OH excluding ortho intramolecular Hbond substituents is 1. The second kappa shape index (κ2) is 19.7. The molecule has 12 rings (SSSR count). The van der Waals surface area contributed by atoms with E-state index in [4.69, 9.17) is 52.6 Å². The lowest BCUT2D eigenvalue weighted by Crippen LogP contribution is -2.63. The lowest BCUT2D eigenvalue weighted by atomic mass is 9.66. The molecule has 0 amide bonds. The number of H-pyrrole nitrogens is 1. The summed E-state index contributed by atoms with van der Waals surface area (Å²) in [4.78, 5) is 35.3. The second-order valence-electron chi connectivity index (χ2n) is 19.1. The molecule has 3 aromatic carbocycles. The largest absolute Gasteiger partial charge is 0.502 e. The normalized spacial score (nSPS) is 25.9. The molecular weight excluding hydrogens is 943 g/mol. The highest BCUT2D eigenvalue weighted by Crippen LogP contribution is 2.57. The Bertz CT molecular complexity index is 3150. The van der Waals surface area contributed by atoms with Crippen LogP contribution in [0, 0.1) is 18.8 Å². The summed E-state index contributed by atoms with van der Waals surface area (Å²) >= 11 is 0. The number of methoxy groups -OCH3 is 2. The summed E-state index contributed by atoms with van der Waals surface area (Å²) in [5.74, 6) is 0.379. The maximum atomic E-state index is 13.4. The predicted molar refractivity (Wildman–Crippen MR) is 263 cm³/mol. The molecule has 7 aromatic rings. The minimum Gasteiger partial charge on any atom is -0.502 e. The van der Waals surface area contributed by atoms with Crippen LogP contribution in [0.15, 0.2) is 79.5 Å². The van der Waals surface area contributed by atoms with Crippen LogP contribution in [0.5, 0.6) is 28.7 Å². The molecule has 4 aliphatic heterocycles. The fourth-order valence-corrected chi connectivity index (χ4v) is 10.6. The van der Waals surface area contributed by atoms with E-state index in [1.165, 1.54) is 25.2 Å². The molecular formula is C53H57N7O13. The molecule has 4 aromatic heterocycles. The van der Waals surface area contributed by atoms with Crippen LogP contribution < -0.4 is 24.3 Å². The van der Waals surface area contributed by atoms with Gasteiger partial charge in [0.25, 0.3) is 0 Å². The van der Waals surface area contributed by atoms with Crippen LogP contribution in [0.4, 0.5) is 5.82 Å². The van der Waals surface area contributed by atoms with Crippen molar-refractivity contribution in [2.24, 2.45) is 11.8 Å². The molecule has 0 bridgehead atoms. The number of hydrogen-bond donors (Lipinski definition) is 5. The van der Waals surface area contributed by atoms with Gasteiger partial charge in [-0.2, -0.15) is 0 Å². The number of benzene rings is 3. The number of nitrogens with zero attached hydrogens (tertiary/aromatic N) is 5. The fraction of sp³-hybridized carbons (Fsp3) is 0.415. The molecule has 1 aliphatic carbocycles. The first-order valence-electron chi connectivity index (χ1n) is 24.3. The average molecular weight is 1000 g/mol. The SMILES string of the molecule is COc1cc(C2c3cc4c(cc3C(OC3OC5COC(C)OC5C(O)C3O)C3COC(=O)C23)OCO4)cc(OC)c1O.Cc1cncc(-c2nc(NCCc3c[nH]c4ccccc34)c3ncn(C(C)C)c3n2)c1. The van der Waals surface area contributed by atoms with Crippen molar-refractivity contribution in [3.63, 3.8) is 0 Å². The van der Waals surface area contributed by atoms with Gasteiger partial charge >= 0.3 is 5.97 Å². The van der Waals surface area contributed by atoms with E-state index in [9.17, 15) is 20.1 Å². The van der Waals surface area contributed by atoms with E-state index in [-0.39, 0.29) is 43.3 Å². The first-order valence-corrected chi connectivity index (χ1v) is 24.3. The molecule has 0 saturated carbocycles. The third-order valence-electron chi connectivity index (χ3n) is 14.2. The molecule has 20 heteroatoms. The number of carbonyl (C=O) groups is 1. The number of esters is 1. The van der Waals surface area contributed by atoms with E-state index in [0.717, 1.165) is 46.6 Å². The molecule has 3 saturated heterocycles. The second-order valence-corrected chi connectivity index (χ2v) is 19.1. The Kier molecular flexibility index (Phi) is 13.0. The molecule has 0 spiro atoms. The highest BCUT2D eigenvalue weighted by molar-refractivity contribution is 5.86. The monoisotopic (exact) mass is 999 g/mol. The molecule has 5 aliphatic rings. The quantitative estimate of drug-likeness (QED) is 0.0899. The van der Waals surface area contributed by atoms with Crippen molar-refractivity contribution < 1.29 is 62.7 Å². The summed E-state index contributed by atoms with van der Waals surface area (Å²) < 4.78 is 53.6. The molecule has 73 heavy (non-hydrogen) atoms. The number of rotatable bonds is 11. The Labute approximate surface area is 419 Å². The zero-order chi connectivity index (χ0) is 50.7. The predicted octanol–water partition coefficient (Wildman–Crippen LogP) is 6.25. The molecule has 382 valence electrons. The lowest BCUT2D eigenvalue weighted by Gasteiger charge is -2.47. The number of anilines is 1. The van der Waals surface area contributed by atoms with Crippen molar-refractivity contribution in [2.45, 2.75) is 89.2 Å². The number of carbonyl (C=O) groups excluding carboxylic acids is 1. The van der Waals surface area contributed by atoms with Crippen molar-refractivity contribution in [3.05, 3.63) is 107 Å². The van der Waals surface area contributed by atoms with Gasteiger partial charge in [-0.3, -0.25) is 9.78 Å². The number of aromatic hydroxyl groups is 1. The highest BCUT2D eigenvalue weighted by atomic mass is 16.8. The molecule has 5 N–H and O–H groups in total. The van der Waals surface area contributed by atoms with Gasteiger partial charge in [0.2, 0.25) is 12.5 Å². The van der Waals surface area contributed by atoms with E-state index in [0.29, 0.717) is 34.0 Å². The van der Waals surface area contributed by atoms with Gasteiger partial charge in [-0.05, 0) is 98.3 Å². The van der Waals surface area contributed by atoms with Crippen molar-refractivity contribution in [1.29, 1.82) is 0 Å². The number of pyridine rings is 1. The van der Waals surface area contributed by atoms with Gasteiger partial charge in [0.1, 0.15) is 29.9 Å². The fourth-order valence-electron chi connectivity index (χ4n) is 10.6. The Hall–Kier alpha value is -7.07. The Morgan fingerprint density at radius 2 is 1.70 bits per heavy atom. The van der Waals surface area contributed by atoms with Crippen molar-refractivity contribution in [3.8, 4) is 40.1 Å². The van der Waals surface area contributed by atoms with Crippen molar-refractivity contribution in [2.75, 3.05) is 46.1 Å². The average Bonchev–Trinajstić information content (AvgIpc) is 4.22. The van der Waals surface area contributed by atoms with Crippen molar-refractivity contribution in [1.82, 2.24) is 29.5 Å².